The molecule has 20 heavy (non-hydrogen) atoms. The molecule has 0 bridgehead atoms. The van der Waals surface area contributed by atoms with Gasteiger partial charge in [-0.1, -0.05) is 78.9 Å². The van der Waals surface area contributed by atoms with Crippen molar-refractivity contribution in [3.8, 4) is 0 Å². The van der Waals surface area contributed by atoms with Gasteiger partial charge in [-0.3, -0.25) is 0 Å². The summed E-state index contributed by atoms with van der Waals surface area (Å²) in [4.78, 5) is 0. The zero-order chi connectivity index (χ0) is 14.4. The van der Waals surface area contributed by atoms with Crippen LogP contribution in [0.3, 0.4) is 0 Å². The van der Waals surface area contributed by atoms with Crippen molar-refractivity contribution in [2.75, 3.05) is 7.11 Å². The monoisotopic (exact) mass is 282 g/mol. The van der Waals surface area contributed by atoms with Crippen LogP contribution in [0.15, 0.2) is 66.7 Å². The van der Waals surface area contributed by atoms with Gasteiger partial charge in [-0.25, -0.2) is 0 Å². The van der Waals surface area contributed by atoms with E-state index in [4.69, 9.17) is 4.74 Å². The van der Waals surface area contributed by atoms with Gasteiger partial charge in [0.1, 0.15) is 5.76 Å². The Morgan fingerprint density at radius 1 is 0.950 bits per heavy atom. The Kier molecular flexibility index (Phi) is 4.80. The van der Waals surface area contributed by atoms with Crippen LogP contribution in [0.1, 0.15) is 5.56 Å². The van der Waals surface area contributed by atoms with Crippen molar-refractivity contribution in [1.29, 1.82) is 0 Å². The number of hydrogen-bond acceptors (Lipinski definition) is 1. The maximum Gasteiger partial charge on any atom is 0.121 e. The van der Waals surface area contributed by atoms with E-state index in [1.54, 1.807) is 7.11 Å². The summed E-state index contributed by atoms with van der Waals surface area (Å²) in [5, 5.41) is 1.49. The third kappa shape index (κ3) is 3.61. The molecule has 2 heteroatoms. The van der Waals surface area contributed by atoms with Crippen molar-refractivity contribution in [2.24, 2.45) is 0 Å². The second kappa shape index (κ2) is 6.57. The molecular weight excluding hydrogens is 260 g/mol. The van der Waals surface area contributed by atoms with Crippen LogP contribution in [-0.2, 0) is 4.74 Å². The third-order valence-corrected chi connectivity index (χ3v) is 6.75. The molecule has 2 aromatic carbocycles. The lowest BCUT2D eigenvalue weighted by Gasteiger charge is -2.21. The average molecular weight is 282 g/mol. The van der Waals surface area contributed by atoms with E-state index in [1.807, 2.05) is 18.2 Å². The Bertz CT molecular complexity index is 558. The number of benzene rings is 2. The molecule has 2 rings (SSSR count). The summed E-state index contributed by atoms with van der Waals surface area (Å²) in [5.41, 5.74) is 1.15. The first-order chi connectivity index (χ1) is 9.63. The molecule has 0 atom stereocenters. The standard InChI is InChI=1S/C18H22OSi/c1-19-18(16-10-6-4-7-11-16)14-15-20(2,3)17-12-8-5-9-13-17/h4-14H,15H2,1-3H3/b18-14-. The highest BCUT2D eigenvalue weighted by Gasteiger charge is 2.22. The van der Waals surface area contributed by atoms with E-state index in [1.165, 1.54) is 5.19 Å². The minimum absolute atomic E-state index is 0.974. The van der Waals surface area contributed by atoms with E-state index in [9.17, 15) is 0 Å². The van der Waals surface area contributed by atoms with E-state index >= 15 is 0 Å². The fourth-order valence-corrected chi connectivity index (χ4v) is 4.30. The maximum absolute atomic E-state index is 5.55. The molecule has 0 amide bonds. The van der Waals surface area contributed by atoms with Gasteiger partial charge < -0.3 is 4.74 Å². The number of ether oxygens (including phenoxy) is 1. The molecule has 0 aliphatic heterocycles. The van der Waals surface area contributed by atoms with Crippen molar-refractivity contribution in [3.05, 3.63) is 72.3 Å². The van der Waals surface area contributed by atoms with Gasteiger partial charge in [0.15, 0.2) is 0 Å². The summed E-state index contributed by atoms with van der Waals surface area (Å²) in [5.74, 6) is 0.974. The van der Waals surface area contributed by atoms with Crippen molar-refractivity contribution in [1.82, 2.24) is 0 Å². The lowest BCUT2D eigenvalue weighted by molar-refractivity contribution is 0.369. The Morgan fingerprint density at radius 2 is 1.50 bits per heavy atom. The number of methoxy groups -OCH3 is 1. The molecule has 0 aliphatic carbocycles. The molecule has 0 saturated carbocycles. The molecule has 0 aromatic heterocycles. The summed E-state index contributed by atoms with van der Waals surface area (Å²) in [7, 11) is 0.298. The number of rotatable bonds is 5. The summed E-state index contributed by atoms with van der Waals surface area (Å²) < 4.78 is 5.55. The predicted octanol–water partition coefficient (Wildman–Crippen LogP) is 4.29. The van der Waals surface area contributed by atoms with Gasteiger partial charge >= 0.3 is 0 Å². The second-order valence-electron chi connectivity index (χ2n) is 5.59. The maximum atomic E-state index is 5.55. The number of allylic oxidation sites excluding steroid dienone is 1. The highest BCUT2D eigenvalue weighted by Crippen LogP contribution is 2.19. The Labute approximate surface area is 122 Å². The van der Waals surface area contributed by atoms with E-state index in [-0.39, 0.29) is 0 Å². The molecule has 2 aromatic rings. The van der Waals surface area contributed by atoms with Gasteiger partial charge in [0.25, 0.3) is 0 Å². The van der Waals surface area contributed by atoms with Crippen molar-refractivity contribution >= 4 is 19.0 Å². The summed E-state index contributed by atoms with van der Waals surface area (Å²) in [6, 6.07) is 22.2. The van der Waals surface area contributed by atoms with E-state index in [0.717, 1.165) is 17.4 Å². The molecule has 0 unspecified atom stereocenters. The van der Waals surface area contributed by atoms with Gasteiger partial charge in [-0.15, -0.1) is 0 Å². The molecule has 0 radical (unpaired) electrons. The zero-order valence-electron chi connectivity index (χ0n) is 12.5. The van der Waals surface area contributed by atoms with E-state index < -0.39 is 8.07 Å². The zero-order valence-corrected chi connectivity index (χ0v) is 13.5. The predicted molar refractivity (Wildman–Crippen MR) is 89.8 cm³/mol. The highest BCUT2D eigenvalue weighted by molar-refractivity contribution is 6.90. The molecule has 0 spiro atoms. The van der Waals surface area contributed by atoms with Crippen LogP contribution in [0, 0.1) is 0 Å². The van der Waals surface area contributed by atoms with Crippen LogP contribution in [0.25, 0.3) is 5.76 Å². The topological polar surface area (TPSA) is 9.23 Å². The largest absolute Gasteiger partial charge is 0.496 e. The first-order valence-corrected chi connectivity index (χ1v) is 10.2. The first-order valence-electron chi connectivity index (χ1n) is 6.98. The van der Waals surface area contributed by atoms with E-state index in [0.29, 0.717) is 0 Å². The van der Waals surface area contributed by atoms with Crippen LogP contribution in [0.2, 0.25) is 19.1 Å². The summed E-state index contributed by atoms with van der Waals surface area (Å²) >= 11 is 0. The Morgan fingerprint density at radius 3 is 2.05 bits per heavy atom. The van der Waals surface area contributed by atoms with Crippen LogP contribution in [0.4, 0.5) is 0 Å². The average Bonchev–Trinajstić information content (AvgIpc) is 2.50. The molecule has 0 fully saturated rings. The van der Waals surface area contributed by atoms with Gasteiger partial charge in [0.2, 0.25) is 0 Å². The van der Waals surface area contributed by atoms with E-state index in [2.05, 4.69) is 61.6 Å². The Balaban J connectivity index is 2.18. The summed E-state index contributed by atoms with van der Waals surface area (Å²) in [6.45, 7) is 4.80. The van der Waals surface area contributed by atoms with Crippen LogP contribution in [0.5, 0.6) is 0 Å². The lowest BCUT2D eigenvalue weighted by atomic mass is 10.2. The van der Waals surface area contributed by atoms with Crippen LogP contribution < -0.4 is 5.19 Å². The normalized spacial score (nSPS) is 12.2. The van der Waals surface area contributed by atoms with Gasteiger partial charge in [0.05, 0.1) is 15.2 Å². The molecule has 0 N–H and O–H groups in total. The van der Waals surface area contributed by atoms with Crippen molar-refractivity contribution < 1.29 is 4.74 Å². The van der Waals surface area contributed by atoms with Crippen LogP contribution in [-0.4, -0.2) is 15.2 Å². The van der Waals surface area contributed by atoms with Crippen molar-refractivity contribution in [2.45, 2.75) is 19.1 Å². The fraction of sp³-hybridized carbons (Fsp3) is 0.222. The fourth-order valence-electron chi connectivity index (χ4n) is 2.28. The van der Waals surface area contributed by atoms with Gasteiger partial charge in [0, 0.05) is 5.56 Å². The van der Waals surface area contributed by atoms with Gasteiger partial charge in [-0.2, -0.15) is 0 Å². The third-order valence-electron chi connectivity index (χ3n) is 3.63. The van der Waals surface area contributed by atoms with Crippen LogP contribution >= 0.6 is 0 Å². The molecule has 0 aliphatic rings. The van der Waals surface area contributed by atoms with Gasteiger partial charge in [-0.05, 0) is 12.1 Å². The minimum Gasteiger partial charge on any atom is -0.496 e. The number of hydrogen-bond donors (Lipinski definition) is 0. The summed E-state index contributed by atoms with van der Waals surface area (Å²) in [6.07, 6.45) is 2.24. The Hall–Kier alpha value is -1.80. The molecule has 104 valence electrons. The molecule has 1 nitrogen and oxygen atoms in total. The highest BCUT2D eigenvalue weighted by atomic mass is 28.3. The molecular formula is C18H22OSi. The second-order valence-corrected chi connectivity index (χ2v) is 10.3. The SMILES string of the molecule is CO/C(=C\C[Si](C)(C)c1ccccc1)c1ccccc1. The molecule has 0 saturated heterocycles. The van der Waals surface area contributed by atoms with Crippen molar-refractivity contribution in [3.63, 3.8) is 0 Å². The molecule has 0 heterocycles. The lowest BCUT2D eigenvalue weighted by Crippen LogP contribution is -2.40. The minimum atomic E-state index is -1.45. The quantitative estimate of drug-likeness (QED) is 0.587. The first kappa shape index (κ1) is 14.6. The smallest absolute Gasteiger partial charge is 0.121 e.